The van der Waals surface area contributed by atoms with Gasteiger partial charge in [-0.15, -0.1) is 0 Å². The topological polar surface area (TPSA) is 24.2 Å². The average molecular weight is 404 g/mol. The summed E-state index contributed by atoms with van der Waals surface area (Å²) in [6, 6.07) is 4.01. The Labute approximate surface area is 180 Å². The van der Waals surface area contributed by atoms with E-state index < -0.39 is 0 Å². The first-order chi connectivity index (χ1) is 14.2. The SMILES string of the molecule is CCCCCCCCN(CCCCCCCC)C(=O)c1ccc[n+](CCCC)c1. The second-order valence-corrected chi connectivity index (χ2v) is 8.51. The molecule has 3 heteroatoms. The van der Waals surface area contributed by atoms with Crippen molar-refractivity contribution in [2.75, 3.05) is 13.1 Å². The van der Waals surface area contributed by atoms with Crippen LogP contribution in [0, 0.1) is 0 Å². The Morgan fingerprint density at radius 3 is 1.83 bits per heavy atom. The molecule has 1 rings (SSSR count). The normalized spacial score (nSPS) is 11.0. The molecule has 0 saturated heterocycles. The van der Waals surface area contributed by atoms with E-state index in [1.165, 1.54) is 70.6 Å². The number of hydrogen-bond acceptors (Lipinski definition) is 1. The van der Waals surface area contributed by atoms with E-state index in [9.17, 15) is 4.79 Å². The van der Waals surface area contributed by atoms with Crippen LogP contribution in [0.5, 0.6) is 0 Å². The highest BCUT2D eigenvalue weighted by atomic mass is 16.2. The molecule has 1 amide bonds. The maximum Gasteiger partial charge on any atom is 0.259 e. The number of aryl methyl sites for hydroxylation is 1. The number of hydrogen-bond donors (Lipinski definition) is 0. The molecule has 0 aliphatic heterocycles. The zero-order chi connectivity index (χ0) is 21.2. The first-order valence-electron chi connectivity index (χ1n) is 12.5. The summed E-state index contributed by atoms with van der Waals surface area (Å²) in [7, 11) is 0. The van der Waals surface area contributed by atoms with Crippen LogP contribution in [-0.4, -0.2) is 23.9 Å². The molecule has 1 aromatic rings. The Bertz CT molecular complexity index is 513. The van der Waals surface area contributed by atoms with Crippen LogP contribution in [-0.2, 0) is 6.54 Å². The summed E-state index contributed by atoms with van der Waals surface area (Å²) in [5, 5.41) is 0. The van der Waals surface area contributed by atoms with Gasteiger partial charge >= 0.3 is 0 Å². The number of rotatable bonds is 18. The number of unbranched alkanes of at least 4 members (excludes halogenated alkanes) is 11. The average Bonchev–Trinajstić information content (AvgIpc) is 2.75. The summed E-state index contributed by atoms with van der Waals surface area (Å²) in [5.74, 6) is 0.220. The van der Waals surface area contributed by atoms with Gasteiger partial charge < -0.3 is 4.90 Å². The van der Waals surface area contributed by atoms with E-state index in [-0.39, 0.29) is 5.91 Å². The molecule has 0 unspecified atom stereocenters. The smallest absolute Gasteiger partial charge is 0.259 e. The lowest BCUT2D eigenvalue weighted by Gasteiger charge is -2.22. The minimum absolute atomic E-state index is 0.220. The number of pyridine rings is 1. The lowest BCUT2D eigenvalue weighted by molar-refractivity contribution is -0.697. The highest BCUT2D eigenvalue weighted by molar-refractivity contribution is 5.93. The summed E-state index contributed by atoms with van der Waals surface area (Å²) >= 11 is 0. The van der Waals surface area contributed by atoms with Gasteiger partial charge in [-0.25, -0.2) is 4.57 Å². The van der Waals surface area contributed by atoms with E-state index in [2.05, 4.69) is 36.4 Å². The maximum atomic E-state index is 13.2. The molecule has 29 heavy (non-hydrogen) atoms. The van der Waals surface area contributed by atoms with Gasteiger partial charge in [0.1, 0.15) is 12.1 Å². The number of nitrogens with zero attached hydrogens (tertiary/aromatic N) is 2. The predicted molar refractivity (Wildman–Crippen MR) is 124 cm³/mol. The van der Waals surface area contributed by atoms with Gasteiger partial charge in [-0.3, -0.25) is 4.79 Å². The molecule has 0 aliphatic carbocycles. The molecule has 0 aliphatic rings. The fourth-order valence-corrected chi connectivity index (χ4v) is 3.79. The molecule has 0 fully saturated rings. The lowest BCUT2D eigenvalue weighted by atomic mass is 10.1. The van der Waals surface area contributed by atoms with E-state index in [1.807, 2.05) is 18.3 Å². The second-order valence-electron chi connectivity index (χ2n) is 8.51. The third kappa shape index (κ3) is 12.0. The van der Waals surface area contributed by atoms with Crippen molar-refractivity contribution in [3.8, 4) is 0 Å². The van der Waals surface area contributed by atoms with Crippen LogP contribution in [0.15, 0.2) is 24.5 Å². The number of aromatic nitrogens is 1. The largest absolute Gasteiger partial charge is 0.338 e. The number of amides is 1. The Morgan fingerprint density at radius 2 is 1.28 bits per heavy atom. The predicted octanol–water partition coefficient (Wildman–Crippen LogP) is 6.94. The third-order valence-electron chi connectivity index (χ3n) is 5.73. The first-order valence-corrected chi connectivity index (χ1v) is 12.5. The van der Waals surface area contributed by atoms with E-state index in [0.29, 0.717) is 0 Å². The molecule has 0 atom stereocenters. The van der Waals surface area contributed by atoms with Gasteiger partial charge in [-0.1, -0.05) is 91.4 Å². The van der Waals surface area contributed by atoms with E-state index >= 15 is 0 Å². The van der Waals surface area contributed by atoms with E-state index in [4.69, 9.17) is 0 Å². The van der Waals surface area contributed by atoms with Crippen molar-refractivity contribution in [2.24, 2.45) is 0 Å². The molecule has 0 bridgehead atoms. The van der Waals surface area contributed by atoms with Gasteiger partial charge in [0.25, 0.3) is 5.91 Å². The molecular formula is C26H47N2O+. The fourth-order valence-electron chi connectivity index (χ4n) is 3.79. The zero-order valence-corrected chi connectivity index (χ0v) is 19.6. The van der Waals surface area contributed by atoms with Gasteiger partial charge in [0.2, 0.25) is 0 Å². The minimum atomic E-state index is 0.220. The second kappa shape index (κ2) is 17.5. The van der Waals surface area contributed by atoms with Crippen molar-refractivity contribution in [3.05, 3.63) is 30.1 Å². The Kier molecular flexibility index (Phi) is 15.5. The van der Waals surface area contributed by atoms with E-state index in [0.717, 1.165) is 44.5 Å². The Balaban J connectivity index is 2.58. The van der Waals surface area contributed by atoms with Crippen LogP contribution in [0.2, 0.25) is 0 Å². The lowest BCUT2D eigenvalue weighted by Crippen LogP contribution is -2.37. The Hall–Kier alpha value is -1.38. The number of carbonyl (C=O) groups is 1. The van der Waals surface area contributed by atoms with Gasteiger partial charge in [-0.2, -0.15) is 0 Å². The maximum absolute atomic E-state index is 13.2. The molecule has 0 aromatic carbocycles. The van der Waals surface area contributed by atoms with Crippen LogP contribution in [0.1, 0.15) is 121 Å². The third-order valence-corrected chi connectivity index (χ3v) is 5.73. The van der Waals surface area contributed by atoms with Crippen molar-refractivity contribution in [1.82, 2.24) is 4.90 Å². The minimum Gasteiger partial charge on any atom is -0.338 e. The summed E-state index contributed by atoms with van der Waals surface area (Å²) in [4.78, 5) is 15.3. The van der Waals surface area contributed by atoms with Crippen LogP contribution in [0.4, 0.5) is 0 Å². The molecule has 1 aromatic heterocycles. The van der Waals surface area contributed by atoms with Crippen LogP contribution >= 0.6 is 0 Å². The van der Waals surface area contributed by atoms with Crippen LogP contribution in [0.25, 0.3) is 0 Å². The van der Waals surface area contributed by atoms with Gasteiger partial charge in [0.05, 0.1) is 0 Å². The van der Waals surface area contributed by atoms with Gasteiger partial charge in [0.15, 0.2) is 12.4 Å². The summed E-state index contributed by atoms with van der Waals surface area (Å²) in [5.41, 5.74) is 0.848. The molecule has 3 nitrogen and oxygen atoms in total. The molecule has 1 heterocycles. The molecule has 0 radical (unpaired) electrons. The fraction of sp³-hybridized carbons (Fsp3) is 0.769. The molecular weight excluding hydrogens is 356 g/mol. The highest BCUT2D eigenvalue weighted by Gasteiger charge is 2.18. The monoisotopic (exact) mass is 403 g/mol. The van der Waals surface area contributed by atoms with Crippen molar-refractivity contribution in [1.29, 1.82) is 0 Å². The Morgan fingerprint density at radius 1 is 0.759 bits per heavy atom. The summed E-state index contributed by atoms with van der Waals surface area (Å²) in [6.07, 6.45) is 21.7. The van der Waals surface area contributed by atoms with Crippen molar-refractivity contribution < 1.29 is 9.36 Å². The van der Waals surface area contributed by atoms with Gasteiger partial charge in [0, 0.05) is 25.6 Å². The van der Waals surface area contributed by atoms with Crippen molar-refractivity contribution >= 4 is 5.91 Å². The quantitative estimate of drug-likeness (QED) is 0.192. The number of carbonyl (C=O) groups excluding carboxylic acids is 1. The first kappa shape index (κ1) is 25.7. The van der Waals surface area contributed by atoms with Gasteiger partial charge in [-0.05, 0) is 18.9 Å². The summed E-state index contributed by atoms with van der Waals surface area (Å²) < 4.78 is 2.17. The van der Waals surface area contributed by atoms with Crippen molar-refractivity contribution in [2.45, 2.75) is 117 Å². The highest BCUT2D eigenvalue weighted by Crippen LogP contribution is 2.11. The molecule has 0 spiro atoms. The zero-order valence-electron chi connectivity index (χ0n) is 19.6. The molecule has 166 valence electrons. The molecule has 0 saturated carbocycles. The summed E-state index contributed by atoms with van der Waals surface area (Å²) in [6.45, 7) is 9.53. The van der Waals surface area contributed by atoms with Crippen molar-refractivity contribution in [3.63, 3.8) is 0 Å². The standard InChI is InChI=1S/C26H47N2O/c1-4-7-10-12-14-16-22-28(23-17-15-13-11-8-5-2)26(29)25-19-18-21-27(24-25)20-9-6-3/h18-19,21,24H,4-17,20,22-23H2,1-3H3/q+1. The molecule has 0 N–H and O–H groups in total. The van der Waals surface area contributed by atoms with E-state index in [1.54, 1.807) is 0 Å². The van der Waals surface area contributed by atoms with Crippen LogP contribution < -0.4 is 4.57 Å². The van der Waals surface area contributed by atoms with Crippen LogP contribution in [0.3, 0.4) is 0 Å².